The van der Waals surface area contributed by atoms with E-state index in [0.29, 0.717) is 41.7 Å². The molecule has 4 rings (SSSR count). The third-order valence-electron chi connectivity index (χ3n) is 5.17. The second kappa shape index (κ2) is 9.70. The first-order valence-corrected chi connectivity index (χ1v) is 13.6. The van der Waals surface area contributed by atoms with Gasteiger partial charge in [-0.3, -0.25) is 4.79 Å². The minimum Gasteiger partial charge on any atom is -0.492 e. The fourth-order valence-electron chi connectivity index (χ4n) is 3.61. The number of anilines is 1. The quantitative estimate of drug-likeness (QED) is 0.502. The summed E-state index contributed by atoms with van der Waals surface area (Å²) in [6.07, 6.45) is 2.72. The highest BCUT2D eigenvalue weighted by Gasteiger charge is 2.29. The van der Waals surface area contributed by atoms with E-state index < -0.39 is 10.0 Å². The number of carbonyl (C=O) groups excluding carboxylic acids is 1. The van der Waals surface area contributed by atoms with Crippen molar-refractivity contribution < 1.29 is 17.9 Å². The lowest BCUT2D eigenvalue weighted by atomic mass is 10.2. The number of sulfonamides is 1. The zero-order chi connectivity index (χ0) is 22.7. The molecule has 0 spiro atoms. The van der Waals surface area contributed by atoms with Crippen molar-refractivity contribution in [3.05, 3.63) is 46.3 Å². The number of thiophene rings is 1. The number of hydrogen-bond donors (Lipinski definition) is 1. The van der Waals surface area contributed by atoms with Crippen molar-refractivity contribution in [2.75, 3.05) is 25.0 Å². The van der Waals surface area contributed by atoms with E-state index >= 15 is 0 Å². The molecule has 0 aliphatic carbocycles. The third kappa shape index (κ3) is 4.73. The molecule has 1 aliphatic rings. The number of piperidine rings is 1. The number of benzene rings is 1. The fourth-order valence-corrected chi connectivity index (χ4v) is 7.04. The first-order valence-electron chi connectivity index (χ1n) is 10.5. The van der Waals surface area contributed by atoms with Gasteiger partial charge in [-0.25, -0.2) is 13.4 Å². The molecule has 1 aliphatic heterocycles. The molecule has 0 bridgehead atoms. The number of aryl methyl sites for hydroxylation is 1. The third-order valence-corrected chi connectivity index (χ3v) is 9.28. The van der Waals surface area contributed by atoms with Gasteiger partial charge in [-0.15, -0.1) is 22.7 Å². The molecule has 32 heavy (non-hydrogen) atoms. The Hall–Kier alpha value is -2.27. The van der Waals surface area contributed by atoms with Crippen molar-refractivity contribution in [1.29, 1.82) is 0 Å². The van der Waals surface area contributed by atoms with Crippen LogP contribution in [0.15, 0.2) is 40.6 Å². The topological polar surface area (TPSA) is 88.6 Å². The number of ether oxygens (including phenoxy) is 1. The average Bonchev–Trinajstić information content (AvgIpc) is 3.45. The van der Waals surface area contributed by atoms with Gasteiger partial charge in [0.05, 0.1) is 17.2 Å². The van der Waals surface area contributed by atoms with Crippen LogP contribution in [-0.4, -0.2) is 43.3 Å². The molecule has 0 atom stereocenters. The molecule has 3 aromatic rings. The van der Waals surface area contributed by atoms with E-state index in [1.165, 1.54) is 21.7 Å². The summed E-state index contributed by atoms with van der Waals surface area (Å²) >= 11 is 2.89. The van der Waals surface area contributed by atoms with Gasteiger partial charge < -0.3 is 10.1 Å². The maximum absolute atomic E-state index is 13.3. The predicted molar refractivity (Wildman–Crippen MR) is 128 cm³/mol. The highest BCUT2D eigenvalue weighted by molar-refractivity contribution is 7.89. The molecule has 1 fully saturated rings. The van der Waals surface area contributed by atoms with Gasteiger partial charge in [0.1, 0.15) is 20.5 Å². The summed E-state index contributed by atoms with van der Waals surface area (Å²) in [5, 5.41) is 5.60. The molecule has 1 saturated heterocycles. The van der Waals surface area contributed by atoms with E-state index in [1.54, 1.807) is 30.4 Å². The molecular weight excluding hydrogens is 466 g/mol. The Morgan fingerprint density at radius 3 is 2.69 bits per heavy atom. The van der Waals surface area contributed by atoms with Gasteiger partial charge in [0.15, 0.2) is 0 Å². The number of amides is 1. The van der Waals surface area contributed by atoms with Crippen molar-refractivity contribution in [3.63, 3.8) is 0 Å². The first kappa shape index (κ1) is 22.9. The highest BCUT2D eigenvalue weighted by Crippen LogP contribution is 2.33. The SMILES string of the molecule is CCOc1ccc(NC(=O)c2sc(-c3cccs3)nc2C)cc1S(=O)(=O)N1CCCCC1. The monoisotopic (exact) mass is 491 g/mol. The largest absolute Gasteiger partial charge is 0.492 e. The molecule has 1 aromatic carbocycles. The second-order valence-corrected chi connectivity index (χ2v) is 11.3. The number of aromatic nitrogens is 1. The fraction of sp³-hybridized carbons (Fsp3) is 0.364. The van der Waals surface area contributed by atoms with Crippen molar-refractivity contribution >= 4 is 44.3 Å². The van der Waals surface area contributed by atoms with Crippen LogP contribution in [0.1, 0.15) is 41.6 Å². The molecule has 0 saturated carbocycles. The van der Waals surface area contributed by atoms with Gasteiger partial charge in [-0.05, 0) is 56.3 Å². The summed E-state index contributed by atoms with van der Waals surface area (Å²) in [5.74, 6) is -0.0155. The van der Waals surface area contributed by atoms with E-state index in [4.69, 9.17) is 4.74 Å². The molecular formula is C22H25N3O4S3. The average molecular weight is 492 g/mol. The Morgan fingerprint density at radius 1 is 1.22 bits per heavy atom. The summed E-state index contributed by atoms with van der Waals surface area (Å²) in [6.45, 7) is 4.95. The molecule has 2 aromatic heterocycles. The Balaban J connectivity index is 1.62. The van der Waals surface area contributed by atoms with Crippen LogP contribution in [0.3, 0.4) is 0 Å². The van der Waals surface area contributed by atoms with Crippen molar-refractivity contribution in [3.8, 4) is 15.6 Å². The summed E-state index contributed by atoms with van der Waals surface area (Å²) in [6, 6.07) is 8.67. The number of carbonyl (C=O) groups is 1. The molecule has 1 N–H and O–H groups in total. The van der Waals surface area contributed by atoms with Gasteiger partial charge in [-0.2, -0.15) is 4.31 Å². The zero-order valence-corrected chi connectivity index (χ0v) is 20.4. The number of rotatable bonds is 7. The Labute approximate surface area is 196 Å². The van der Waals surface area contributed by atoms with Crippen LogP contribution in [0.4, 0.5) is 5.69 Å². The standard InChI is InChI=1S/C22H25N3O4S3/c1-3-29-17-10-9-16(14-19(17)32(27,28)25-11-5-4-6-12-25)24-21(26)20-15(2)23-22(31-20)18-8-7-13-30-18/h7-10,13-14H,3-6,11-12H2,1-2H3,(H,24,26). The summed E-state index contributed by atoms with van der Waals surface area (Å²) in [7, 11) is -3.72. The molecule has 3 heterocycles. The van der Waals surface area contributed by atoms with Gasteiger partial charge in [0, 0.05) is 18.8 Å². The van der Waals surface area contributed by atoms with E-state index in [1.807, 2.05) is 24.4 Å². The highest BCUT2D eigenvalue weighted by atomic mass is 32.2. The van der Waals surface area contributed by atoms with E-state index in [0.717, 1.165) is 29.1 Å². The maximum atomic E-state index is 13.3. The molecule has 10 heteroatoms. The van der Waals surface area contributed by atoms with E-state index in [2.05, 4.69) is 10.3 Å². The molecule has 170 valence electrons. The van der Waals surface area contributed by atoms with Gasteiger partial charge in [0.2, 0.25) is 10.0 Å². The lowest BCUT2D eigenvalue weighted by Gasteiger charge is -2.27. The van der Waals surface area contributed by atoms with Crippen molar-refractivity contribution in [2.24, 2.45) is 0 Å². The number of thiazole rings is 1. The van der Waals surface area contributed by atoms with Gasteiger partial charge in [-0.1, -0.05) is 12.5 Å². The minimum absolute atomic E-state index is 0.0827. The van der Waals surface area contributed by atoms with Crippen LogP contribution in [0.25, 0.3) is 9.88 Å². The number of hydrogen-bond acceptors (Lipinski definition) is 7. The molecule has 7 nitrogen and oxygen atoms in total. The Kier molecular flexibility index (Phi) is 6.94. The maximum Gasteiger partial charge on any atom is 0.267 e. The minimum atomic E-state index is -3.72. The van der Waals surface area contributed by atoms with Gasteiger partial charge >= 0.3 is 0 Å². The summed E-state index contributed by atoms with van der Waals surface area (Å²) < 4.78 is 33.7. The predicted octanol–water partition coefficient (Wildman–Crippen LogP) is 5.01. The normalized spacial score (nSPS) is 14.9. The van der Waals surface area contributed by atoms with Crippen LogP contribution < -0.4 is 10.1 Å². The number of nitrogens with one attached hydrogen (secondary N) is 1. The lowest BCUT2D eigenvalue weighted by Crippen LogP contribution is -2.35. The van der Waals surface area contributed by atoms with Crippen LogP contribution in [0, 0.1) is 6.92 Å². The van der Waals surface area contributed by atoms with Gasteiger partial charge in [0.25, 0.3) is 5.91 Å². The zero-order valence-electron chi connectivity index (χ0n) is 18.0. The molecule has 1 amide bonds. The van der Waals surface area contributed by atoms with Crippen molar-refractivity contribution in [2.45, 2.75) is 38.0 Å². The Morgan fingerprint density at radius 2 is 2.00 bits per heavy atom. The van der Waals surface area contributed by atoms with Crippen LogP contribution in [0.2, 0.25) is 0 Å². The second-order valence-electron chi connectivity index (χ2n) is 7.42. The van der Waals surface area contributed by atoms with Crippen LogP contribution >= 0.6 is 22.7 Å². The summed E-state index contributed by atoms with van der Waals surface area (Å²) in [4.78, 5) is 19.1. The smallest absolute Gasteiger partial charge is 0.267 e. The lowest BCUT2D eigenvalue weighted by molar-refractivity contribution is 0.102. The summed E-state index contributed by atoms with van der Waals surface area (Å²) in [5.41, 5.74) is 1.04. The van der Waals surface area contributed by atoms with E-state index in [9.17, 15) is 13.2 Å². The number of nitrogens with zero attached hydrogens (tertiary/aromatic N) is 2. The van der Waals surface area contributed by atoms with Crippen LogP contribution in [0.5, 0.6) is 5.75 Å². The Bertz CT molecular complexity index is 1200. The van der Waals surface area contributed by atoms with E-state index in [-0.39, 0.29) is 10.8 Å². The molecule has 0 unspecified atom stereocenters. The van der Waals surface area contributed by atoms with Crippen molar-refractivity contribution in [1.82, 2.24) is 9.29 Å². The molecule has 0 radical (unpaired) electrons. The first-order chi connectivity index (χ1) is 15.4. The van der Waals surface area contributed by atoms with Crippen LogP contribution in [-0.2, 0) is 10.0 Å².